The third kappa shape index (κ3) is 3.67. The maximum atomic E-state index is 12.2. The summed E-state index contributed by atoms with van der Waals surface area (Å²) in [6, 6.07) is 1.60. The van der Waals surface area contributed by atoms with Crippen LogP contribution in [-0.2, 0) is 16.4 Å². The molecule has 26 heavy (non-hydrogen) atoms. The topological polar surface area (TPSA) is 117 Å². The summed E-state index contributed by atoms with van der Waals surface area (Å²) in [5.41, 5.74) is 8.68. The highest BCUT2D eigenvalue weighted by Crippen LogP contribution is 2.23. The highest BCUT2D eigenvalue weighted by molar-refractivity contribution is 7.91. The molecule has 0 atom stereocenters. The number of hydrogen-bond donors (Lipinski definition) is 1. The highest BCUT2D eigenvalue weighted by Gasteiger charge is 2.17. The van der Waals surface area contributed by atoms with Gasteiger partial charge in [-0.2, -0.15) is 0 Å². The van der Waals surface area contributed by atoms with Gasteiger partial charge in [0.25, 0.3) is 0 Å². The summed E-state index contributed by atoms with van der Waals surface area (Å²) in [5, 5.41) is -0.102. The fourth-order valence-corrected chi connectivity index (χ4v) is 4.19. The van der Waals surface area contributed by atoms with Crippen molar-refractivity contribution < 1.29 is 8.42 Å². The number of hydrogen-bond acceptors (Lipinski definition) is 7. The van der Waals surface area contributed by atoms with Crippen molar-refractivity contribution in [1.82, 2.24) is 24.5 Å². The second kappa shape index (κ2) is 7.36. The predicted molar refractivity (Wildman–Crippen MR) is 99.4 cm³/mol. The van der Waals surface area contributed by atoms with Crippen molar-refractivity contribution in [3.8, 4) is 0 Å². The van der Waals surface area contributed by atoms with Crippen LogP contribution in [0.5, 0.6) is 0 Å². The minimum absolute atomic E-state index is 0.0522. The summed E-state index contributed by atoms with van der Waals surface area (Å²) < 4.78 is 26.5. The first kappa shape index (κ1) is 18.2. The molecule has 9 heteroatoms. The first-order valence-corrected chi connectivity index (χ1v) is 10.1. The number of sulfone groups is 1. The van der Waals surface area contributed by atoms with Crippen molar-refractivity contribution in [2.75, 3.05) is 11.5 Å². The van der Waals surface area contributed by atoms with Gasteiger partial charge in [0.1, 0.15) is 11.3 Å². The number of imidazole rings is 1. The van der Waals surface area contributed by atoms with E-state index in [1.165, 1.54) is 12.4 Å². The molecule has 138 valence electrons. The lowest BCUT2D eigenvalue weighted by molar-refractivity contribution is 0.571. The van der Waals surface area contributed by atoms with E-state index in [0.717, 1.165) is 41.8 Å². The number of nitrogen functional groups attached to an aromatic ring is 1. The number of aryl methyl sites for hydroxylation is 3. The molecule has 3 aromatic rings. The standard InChI is InChI=1S/C17H22N6O2S/c1-12-11-21-16(18)14-15(12)23(13(2)22-14)9-4-3-5-10-26(24,25)17-19-7-6-8-20-17/h6-8,11H,3-5,9-10H2,1-2H3,(H2,18,21). The largest absolute Gasteiger partial charge is 0.382 e. The number of fused-ring (bicyclic) bond motifs is 1. The molecule has 2 N–H and O–H groups in total. The maximum Gasteiger partial charge on any atom is 0.246 e. The van der Waals surface area contributed by atoms with Crippen LogP contribution in [-0.4, -0.2) is 38.7 Å². The number of pyridine rings is 1. The van der Waals surface area contributed by atoms with E-state index in [9.17, 15) is 8.42 Å². The van der Waals surface area contributed by atoms with Gasteiger partial charge in [0.15, 0.2) is 5.82 Å². The Morgan fingerprint density at radius 1 is 1.08 bits per heavy atom. The average Bonchev–Trinajstić information content (AvgIpc) is 2.96. The van der Waals surface area contributed by atoms with E-state index in [1.54, 1.807) is 12.3 Å². The molecule has 3 rings (SSSR count). The van der Waals surface area contributed by atoms with E-state index in [0.29, 0.717) is 12.2 Å². The van der Waals surface area contributed by atoms with Crippen LogP contribution in [0.2, 0.25) is 0 Å². The Hall–Kier alpha value is -2.55. The SMILES string of the molecule is Cc1cnc(N)c2nc(C)n(CCCCCS(=O)(=O)c3ncccn3)c12. The lowest BCUT2D eigenvalue weighted by atomic mass is 10.2. The molecule has 0 aliphatic heterocycles. The van der Waals surface area contributed by atoms with Crippen molar-refractivity contribution in [2.45, 2.75) is 44.8 Å². The molecule has 0 unspecified atom stereocenters. The normalized spacial score (nSPS) is 11.9. The zero-order chi connectivity index (χ0) is 18.7. The van der Waals surface area contributed by atoms with Crippen molar-refractivity contribution in [3.63, 3.8) is 0 Å². The smallest absolute Gasteiger partial charge is 0.246 e. The summed E-state index contributed by atoms with van der Waals surface area (Å²) in [6.07, 6.45) is 6.83. The molecule has 3 aromatic heterocycles. The fourth-order valence-electron chi connectivity index (χ4n) is 2.98. The van der Waals surface area contributed by atoms with Crippen LogP contribution >= 0.6 is 0 Å². The number of aromatic nitrogens is 5. The Labute approximate surface area is 152 Å². The van der Waals surface area contributed by atoms with Crippen molar-refractivity contribution in [3.05, 3.63) is 36.0 Å². The van der Waals surface area contributed by atoms with Gasteiger partial charge in [-0.05, 0) is 38.3 Å². The molecule has 0 aliphatic rings. The first-order chi connectivity index (χ1) is 12.4. The summed E-state index contributed by atoms with van der Waals surface area (Å²) in [6.45, 7) is 4.68. The number of nitrogens with two attached hydrogens (primary N) is 1. The Kier molecular flexibility index (Phi) is 5.17. The van der Waals surface area contributed by atoms with Gasteiger partial charge in [-0.1, -0.05) is 6.42 Å². The van der Waals surface area contributed by atoms with Gasteiger partial charge < -0.3 is 10.3 Å². The molecule has 0 fully saturated rings. The van der Waals surface area contributed by atoms with Gasteiger partial charge in [-0.25, -0.2) is 28.4 Å². The minimum Gasteiger partial charge on any atom is -0.382 e. The van der Waals surface area contributed by atoms with Crippen LogP contribution in [0.3, 0.4) is 0 Å². The molecule has 0 spiro atoms. The second-order valence-electron chi connectivity index (χ2n) is 6.25. The molecular formula is C17H22N6O2S. The minimum atomic E-state index is -3.42. The van der Waals surface area contributed by atoms with Gasteiger partial charge in [0.05, 0.1) is 11.3 Å². The Bertz CT molecular complexity index is 1010. The fraction of sp³-hybridized carbons (Fsp3) is 0.412. The van der Waals surface area contributed by atoms with Crippen LogP contribution in [0, 0.1) is 13.8 Å². The monoisotopic (exact) mass is 374 g/mol. The van der Waals surface area contributed by atoms with Crippen molar-refractivity contribution in [1.29, 1.82) is 0 Å². The summed E-state index contributed by atoms with van der Waals surface area (Å²) >= 11 is 0. The molecule has 0 radical (unpaired) electrons. The maximum absolute atomic E-state index is 12.2. The van der Waals surface area contributed by atoms with Crippen LogP contribution in [0.1, 0.15) is 30.7 Å². The van der Waals surface area contributed by atoms with Crippen molar-refractivity contribution in [2.24, 2.45) is 0 Å². The molecule has 0 bridgehead atoms. The highest BCUT2D eigenvalue weighted by atomic mass is 32.2. The number of rotatable bonds is 7. The molecule has 0 saturated heterocycles. The van der Waals surface area contributed by atoms with Gasteiger partial charge in [0.2, 0.25) is 15.0 Å². The summed E-state index contributed by atoms with van der Waals surface area (Å²) in [4.78, 5) is 16.3. The van der Waals surface area contributed by atoms with Gasteiger partial charge in [-0.3, -0.25) is 0 Å². The first-order valence-electron chi connectivity index (χ1n) is 8.48. The van der Waals surface area contributed by atoms with Crippen LogP contribution in [0.25, 0.3) is 11.0 Å². The molecular weight excluding hydrogens is 352 g/mol. The van der Waals surface area contributed by atoms with Crippen LogP contribution in [0.4, 0.5) is 5.82 Å². The molecule has 0 saturated carbocycles. The van der Waals surface area contributed by atoms with Gasteiger partial charge in [0, 0.05) is 25.1 Å². The Balaban J connectivity index is 1.60. The van der Waals surface area contributed by atoms with Gasteiger partial charge in [-0.15, -0.1) is 0 Å². The third-order valence-electron chi connectivity index (χ3n) is 4.29. The van der Waals surface area contributed by atoms with E-state index >= 15 is 0 Å². The van der Waals surface area contributed by atoms with E-state index in [-0.39, 0.29) is 10.9 Å². The molecule has 0 aliphatic carbocycles. The number of anilines is 1. The molecule has 0 aromatic carbocycles. The van der Waals surface area contributed by atoms with Crippen LogP contribution < -0.4 is 5.73 Å². The second-order valence-corrected chi connectivity index (χ2v) is 8.25. The number of unbranched alkanes of at least 4 members (excludes halogenated alkanes) is 2. The predicted octanol–water partition coefficient (Wildman–Crippen LogP) is 2.06. The molecule has 0 amide bonds. The molecule has 8 nitrogen and oxygen atoms in total. The van der Waals surface area contributed by atoms with E-state index < -0.39 is 9.84 Å². The molecule has 3 heterocycles. The average molecular weight is 374 g/mol. The Morgan fingerprint density at radius 2 is 1.81 bits per heavy atom. The van der Waals surface area contributed by atoms with Gasteiger partial charge >= 0.3 is 0 Å². The zero-order valence-electron chi connectivity index (χ0n) is 14.9. The third-order valence-corrected chi connectivity index (χ3v) is 5.88. The zero-order valence-corrected chi connectivity index (χ0v) is 15.7. The van der Waals surface area contributed by atoms with E-state index in [4.69, 9.17) is 5.73 Å². The van der Waals surface area contributed by atoms with E-state index in [1.807, 2.05) is 13.8 Å². The van der Waals surface area contributed by atoms with Crippen molar-refractivity contribution >= 4 is 26.7 Å². The summed E-state index contributed by atoms with van der Waals surface area (Å²) in [7, 11) is -3.42. The lowest BCUT2D eigenvalue weighted by Crippen LogP contribution is -2.11. The van der Waals surface area contributed by atoms with Crippen LogP contribution in [0.15, 0.2) is 29.8 Å². The Morgan fingerprint density at radius 3 is 2.54 bits per heavy atom. The lowest BCUT2D eigenvalue weighted by Gasteiger charge is -2.09. The number of nitrogens with zero attached hydrogens (tertiary/aromatic N) is 5. The quantitative estimate of drug-likeness (QED) is 0.497. The summed E-state index contributed by atoms with van der Waals surface area (Å²) in [5.74, 6) is 1.37. The van der Waals surface area contributed by atoms with E-state index in [2.05, 4.69) is 24.5 Å².